The Kier molecular flexibility index (Phi) is 3.50. The van der Waals surface area contributed by atoms with E-state index in [9.17, 15) is 18.0 Å². The summed E-state index contributed by atoms with van der Waals surface area (Å²) in [5.41, 5.74) is 4.36. The van der Waals surface area contributed by atoms with Crippen LogP contribution in [0.2, 0.25) is 0 Å². The molecule has 0 radical (unpaired) electrons. The van der Waals surface area contributed by atoms with Gasteiger partial charge in [0.2, 0.25) is 0 Å². The van der Waals surface area contributed by atoms with E-state index in [1.165, 1.54) is 22.1 Å². The number of primary amides is 1. The Balaban J connectivity index is 2.18. The third-order valence-corrected chi connectivity index (χ3v) is 2.98. The van der Waals surface area contributed by atoms with Gasteiger partial charge in [0.25, 0.3) is 0 Å². The number of piperazine rings is 1. The molecule has 0 aliphatic carbocycles. The van der Waals surface area contributed by atoms with Gasteiger partial charge in [0.1, 0.15) is 5.82 Å². The Hall–Kier alpha value is -1.99. The van der Waals surface area contributed by atoms with E-state index < -0.39 is 17.8 Å². The fourth-order valence-electron chi connectivity index (χ4n) is 2.01. The van der Waals surface area contributed by atoms with E-state index in [-0.39, 0.29) is 18.9 Å². The number of carbonyl (C=O) groups is 1. The van der Waals surface area contributed by atoms with E-state index in [0.717, 1.165) is 6.07 Å². The quantitative estimate of drug-likeness (QED) is 0.839. The Morgan fingerprint density at radius 2 is 1.89 bits per heavy atom. The molecule has 104 valence electrons. The van der Waals surface area contributed by atoms with Crippen LogP contribution in [0.15, 0.2) is 18.3 Å². The van der Waals surface area contributed by atoms with Crippen molar-refractivity contribution in [1.29, 1.82) is 0 Å². The number of rotatable bonds is 1. The molecule has 1 aliphatic heterocycles. The van der Waals surface area contributed by atoms with Crippen molar-refractivity contribution in [1.82, 2.24) is 9.88 Å². The highest BCUT2D eigenvalue weighted by molar-refractivity contribution is 5.72. The largest absolute Gasteiger partial charge is 0.419 e. The second-order valence-electron chi connectivity index (χ2n) is 4.18. The SMILES string of the molecule is NC(=O)N1CCN(c2ncccc2C(F)(F)F)CC1. The van der Waals surface area contributed by atoms with E-state index in [1.807, 2.05) is 0 Å². The van der Waals surface area contributed by atoms with Crippen molar-refractivity contribution >= 4 is 11.8 Å². The number of halogens is 3. The van der Waals surface area contributed by atoms with Gasteiger partial charge < -0.3 is 15.5 Å². The minimum absolute atomic E-state index is 0.0980. The summed E-state index contributed by atoms with van der Waals surface area (Å²) in [6.07, 6.45) is -3.12. The summed E-state index contributed by atoms with van der Waals surface area (Å²) in [6, 6.07) is 1.70. The van der Waals surface area contributed by atoms with Crippen molar-refractivity contribution in [3.8, 4) is 0 Å². The fourth-order valence-corrected chi connectivity index (χ4v) is 2.01. The lowest BCUT2D eigenvalue weighted by molar-refractivity contribution is -0.137. The minimum atomic E-state index is -4.44. The van der Waals surface area contributed by atoms with Crippen LogP contribution in [0.5, 0.6) is 0 Å². The van der Waals surface area contributed by atoms with E-state index in [1.54, 1.807) is 0 Å². The number of amides is 2. The molecule has 1 aromatic rings. The number of carbonyl (C=O) groups excluding carboxylic acids is 1. The number of urea groups is 1. The van der Waals surface area contributed by atoms with Gasteiger partial charge in [-0.15, -0.1) is 0 Å². The first kappa shape index (κ1) is 13.4. The van der Waals surface area contributed by atoms with Crippen LogP contribution in [0, 0.1) is 0 Å². The van der Waals surface area contributed by atoms with Crippen molar-refractivity contribution in [2.24, 2.45) is 5.73 Å². The Bertz CT molecular complexity index is 469. The summed E-state index contributed by atoms with van der Waals surface area (Å²) in [5.74, 6) is -0.0980. The summed E-state index contributed by atoms with van der Waals surface area (Å²) < 4.78 is 38.6. The second-order valence-corrected chi connectivity index (χ2v) is 4.18. The highest BCUT2D eigenvalue weighted by Crippen LogP contribution is 2.35. The lowest BCUT2D eigenvalue weighted by Crippen LogP contribution is -2.51. The summed E-state index contributed by atoms with van der Waals surface area (Å²) in [7, 11) is 0. The summed E-state index contributed by atoms with van der Waals surface area (Å²) in [6.45, 7) is 1.15. The minimum Gasteiger partial charge on any atom is -0.353 e. The van der Waals surface area contributed by atoms with Gasteiger partial charge in [-0.05, 0) is 12.1 Å². The number of pyridine rings is 1. The first-order valence-corrected chi connectivity index (χ1v) is 5.71. The van der Waals surface area contributed by atoms with Crippen LogP contribution < -0.4 is 10.6 Å². The van der Waals surface area contributed by atoms with Crippen LogP contribution in [0.3, 0.4) is 0 Å². The zero-order valence-electron chi connectivity index (χ0n) is 10.0. The van der Waals surface area contributed by atoms with Crippen LogP contribution in [0.1, 0.15) is 5.56 Å². The number of alkyl halides is 3. The molecule has 1 aliphatic rings. The maximum absolute atomic E-state index is 12.9. The predicted octanol–water partition coefficient (Wildman–Crippen LogP) is 1.30. The summed E-state index contributed by atoms with van der Waals surface area (Å²) >= 11 is 0. The molecular weight excluding hydrogens is 261 g/mol. The fraction of sp³-hybridized carbons (Fsp3) is 0.455. The van der Waals surface area contributed by atoms with Gasteiger partial charge in [-0.2, -0.15) is 13.2 Å². The van der Waals surface area contributed by atoms with Crippen LogP contribution in [0.4, 0.5) is 23.8 Å². The Labute approximate surface area is 107 Å². The Morgan fingerprint density at radius 3 is 2.42 bits per heavy atom. The number of nitrogens with zero attached hydrogens (tertiary/aromatic N) is 3. The first-order chi connectivity index (χ1) is 8.89. The summed E-state index contributed by atoms with van der Waals surface area (Å²) in [4.78, 5) is 17.7. The molecule has 2 rings (SSSR count). The molecule has 1 fully saturated rings. The molecule has 2 N–H and O–H groups in total. The number of aromatic nitrogens is 1. The van der Waals surface area contributed by atoms with E-state index in [0.29, 0.717) is 13.1 Å². The topological polar surface area (TPSA) is 62.5 Å². The molecule has 8 heteroatoms. The maximum atomic E-state index is 12.9. The van der Waals surface area contributed by atoms with Gasteiger partial charge in [-0.1, -0.05) is 0 Å². The van der Waals surface area contributed by atoms with Crippen molar-refractivity contribution in [3.63, 3.8) is 0 Å². The van der Waals surface area contributed by atoms with Crippen LogP contribution in [0.25, 0.3) is 0 Å². The highest BCUT2D eigenvalue weighted by Gasteiger charge is 2.36. The molecule has 5 nitrogen and oxygen atoms in total. The number of nitrogens with two attached hydrogens (primary N) is 1. The average Bonchev–Trinajstić information content (AvgIpc) is 2.38. The molecule has 1 saturated heterocycles. The zero-order valence-corrected chi connectivity index (χ0v) is 10.0. The normalized spacial score (nSPS) is 16.6. The van der Waals surface area contributed by atoms with Gasteiger partial charge in [0, 0.05) is 32.4 Å². The molecule has 0 atom stereocenters. The molecule has 0 unspecified atom stereocenters. The monoisotopic (exact) mass is 274 g/mol. The molecule has 2 amide bonds. The third-order valence-electron chi connectivity index (χ3n) is 2.98. The summed E-state index contributed by atoms with van der Waals surface area (Å²) in [5, 5.41) is 0. The number of anilines is 1. The van der Waals surface area contributed by atoms with Gasteiger partial charge in [0.05, 0.1) is 5.56 Å². The molecule has 0 aromatic carbocycles. The molecular formula is C11H13F3N4O. The Morgan fingerprint density at radius 1 is 1.26 bits per heavy atom. The van der Waals surface area contributed by atoms with Gasteiger partial charge in [0.15, 0.2) is 0 Å². The van der Waals surface area contributed by atoms with Crippen molar-refractivity contribution < 1.29 is 18.0 Å². The standard InChI is InChI=1S/C11H13F3N4O/c12-11(13,14)8-2-1-3-16-9(8)17-4-6-18(7-5-17)10(15)19/h1-3H,4-7H2,(H2,15,19). The molecule has 1 aromatic heterocycles. The highest BCUT2D eigenvalue weighted by atomic mass is 19.4. The van der Waals surface area contributed by atoms with E-state index >= 15 is 0 Å². The van der Waals surface area contributed by atoms with Crippen molar-refractivity contribution in [2.75, 3.05) is 31.1 Å². The lowest BCUT2D eigenvalue weighted by Gasteiger charge is -2.35. The number of hydrogen-bond acceptors (Lipinski definition) is 3. The maximum Gasteiger partial charge on any atom is 0.419 e. The predicted molar refractivity (Wildman–Crippen MR) is 62.6 cm³/mol. The molecule has 2 heterocycles. The van der Waals surface area contributed by atoms with Crippen LogP contribution in [-0.2, 0) is 6.18 Å². The molecule has 0 saturated carbocycles. The van der Waals surface area contributed by atoms with Crippen LogP contribution in [-0.4, -0.2) is 42.1 Å². The second kappa shape index (κ2) is 4.94. The average molecular weight is 274 g/mol. The van der Waals surface area contributed by atoms with Crippen LogP contribution >= 0.6 is 0 Å². The van der Waals surface area contributed by atoms with Crippen molar-refractivity contribution in [3.05, 3.63) is 23.9 Å². The van der Waals surface area contributed by atoms with Gasteiger partial charge in [-0.25, -0.2) is 9.78 Å². The van der Waals surface area contributed by atoms with E-state index in [2.05, 4.69) is 4.98 Å². The molecule has 19 heavy (non-hydrogen) atoms. The third kappa shape index (κ3) is 2.88. The smallest absolute Gasteiger partial charge is 0.353 e. The molecule has 0 bridgehead atoms. The van der Waals surface area contributed by atoms with Gasteiger partial charge in [-0.3, -0.25) is 0 Å². The van der Waals surface area contributed by atoms with Crippen molar-refractivity contribution in [2.45, 2.75) is 6.18 Å². The van der Waals surface area contributed by atoms with Gasteiger partial charge >= 0.3 is 12.2 Å². The lowest BCUT2D eigenvalue weighted by atomic mass is 10.2. The molecule has 0 spiro atoms. The van der Waals surface area contributed by atoms with E-state index in [4.69, 9.17) is 5.73 Å². The first-order valence-electron chi connectivity index (χ1n) is 5.71. The number of hydrogen-bond donors (Lipinski definition) is 1. The zero-order chi connectivity index (χ0) is 14.0.